The quantitative estimate of drug-likeness (QED) is 0.475. The van der Waals surface area contributed by atoms with Crippen molar-refractivity contribution < 1.29 is 4.79 Å². The fraction of sp³-hybridized carbons (Fsp3) is 0.118. The zero-order valence-corrected chi connectivity index (χ0v) is 15.0. The number of carbonyl (C=O) groups excluding carboxylic acids is 1. The van der Waals surface area contributed by atoms with Gasteiger partial charge in [0.1, 0.15) is 0 Å². The number of nitrogens with one attached hydrogen (secondary N) is 1. The van der Waals surface area contributed by atoms with Gasteiger partial charge in [-0.25, -0.2) is 0 Å². The van der Waals surface area contributed by atoms with Gasteiger partial charge in [0.05, 0.1) is 6.54 Å². The number of benzene rings is 2. The van der Waals surface area contributed by atoms with Crippen LogP contribution in [0.15, 0.2) is 58.9 Å². The van der Waals surface area contributed by atoms with Gasteiger partial charge in [0, 0.05) is 16.3 Å². The average molecular weight is 376 g/mol. The lowest BCUT2D eigenvalue weighted by Crippen LogP contribution is -2.13. The smallest absolute Gasteiger partial charge is 0.206 e. The summed E-state index contributed by atoms with van der Waals surface area (Å²) in [5.74, 6) is 0.758. The zero-order chi connectivity index (χ0) is 16.8. The van der Waals surface area contributed by atoms with Crippen molar-refractivity contribution >= 4 is 45.6 Å². The van der Waals surface area contributed by atoms with Crippen LogP contribution in [0.5, 0.6) is 0 Å². The molecule has 0 aliphatic rings. The minimum Gasteiger partial charge on any atom is -0.353 e. The van der Waals surface area contributed by atoms with E-state index in [9.17, 15) is 4.79 Å². The van der Waals surface area contributed by atoms with E-state index in [4.69, 9.17) is 11.6 Å². The second-order valence-electron chi connectivity index (χ2n) is 4.90. The van der Waals surface area contributed by atoms with Crippen molar-refractivity contribution in [1.82, 2.24) is 10.2 Å². The summed E-state index contributed by atoms with van der Waals surface area (Å²) in [5, 5.41) is 12.6. The predicted molar refractivity (Wildman–Crippen MR) is 100 cm³/mol. The first kappa shape index (κ1) is 17.0. The van der Waals surface area contributed by atoms with Gasteiger partial charge in [0.2, 0.25) is 5.13 Å². The molecule has 0 saturated heterocycles. The molecule has 4 nitrogen and oxygen atoms in total. The second-order valence-corrected chi connectivity index (χ2v) is 7.50. The van der Waals surface area contributed by atoms with Crippen molar-refractivity contribution in [3.8, 4) is 0 Å². The summed E-state index contributed by atoms with van der Waals surface area (Å²) >= 11 is 9.15. The number of carbonyl (C=O) groups is 1. The number of anilines is 1. The third-order valence-electron chi connectivity index (χ3n) is 3.21. The first-order valence-corrected chi connectivity index (χ1v) is 9.42. The maximum atomic E-state index is 12.0. The molecule has 0 radical (unpaired) electrons. The van der Waals surface area contributed by atoms with E-state index < -0.39 is 0 Å². The molecule has 0 aliphatic carbocycles. The summed E-state index contributed by atoms with van der Waals surface area (Å²) in [4.78, 5) is 12.0. The number of ketones is 1. The standard InChI is InChI=1S/C17H14ClN3OS2/c18-14-9-5-4-8-13(14)11-23-17-21-20-16(24-17)19-10-15(22)12-6-2-1-3-7-12/h1-9H,10-11H2,(H,19,20). The number of nitrogens with zero attached hydrogens (tertiary/aromatic N) is 2. The van der Waals surface area contributed by atoms with Crippen LogP contribution in [0.3, 0.4) is 0 Å². The molecule has 1 N–H and O–H groups in total. The molecule has 24 heavy (non-hydrogen) atoms. The van der Waals surface area contributed by atoms with Crippen LogP contribution in [0.4, 0.5) is 5.13 Å². The van der Waals surface area contributed by atoms with Crippen molar-refractivity contribution in [2.24, 2.45) is 0 Å². The Balaban J connectivity index is 1.52. The molecule has 2 aromatic carbocycles. The van der Waals surface area contributed by atoms with Gasteiger partial charge in [-0.2, -0.15) is 0 Å². The van der Waals surface area contributed by atoms with Gasteiger partial charge in [-0.3, -0.25) is 4.79 Å². The molecule has 7 heteroatoms. The van der Waals surface area contributed by atoms with Crippen LogP contribution in [-0.4, -0.2) is 22.5 Å². The van der Waals surface area contributed by atoms with Crippen LogP contribution in [0.25, 0.3) is 0 Å². The maximum Gasteiger partial charge on any atom is 0.206 e. The minimum atomic E-state index is 0.0241. The Morgan fingerprint density at radius 2 is 1.83 bits per heavy atom. The predicted octanol–water partition coefficient (Wildman–Crippen LogP) is 4.78. The number of halogens is 1. The molecule has 0 unspecified atom stereocenters. The summed E-state index contributed by atoms with van der Waals surface area (Å²) in [6.45, 7) is 0.202. The number of aromatic nitrogens is 2. The van der Waals surface area contributed by atoms with E-state index in [0.717, 1.165) is 20.7 Å². The van der Waals surface area contributed by atoms with Gasteiger partial charge >= 0.3 is 0 Å². The molecular formula is C17H14ClN3OS2. The lowest BCUT2D eigenvalue weighted by atomic mass is 10.1. The minimum absolute atomic E-state index is 0.0241. The van der Waals surface area contributed by atoms with Crippen molar-refractivity contribution in [2.75, 3.05) is 11.9 Å². The molecule has 0 spiro atoms. The summed E-state index contributed by atoms with van der Waals surface area (Å²) in [7, 11) is 0. The van der Waals surface area contributed by atoms with Crippen molar-refractivity contribution in [3.05, 3.63) is 70.7 Å². The second kappa shape index (κ2) is 8.28. The Hall–Kier alpha value is -1.89. The van der Waals surface area contributed by atoms with Gasteiger partial charge in [0.25, 0.3) is 0 Å². The average Bonchev–Trinajstić information content (AvgIpc) is 3.08. The normalized spacial score (nSPS) is 10.5. The van der Waals surface area contributed by atoms with Crippen molar-refractivity contribution in [2.45, 2.75) is 10.1 Å². The number of Topliss-reactive ketones (excluding diaryl/α,β-unsaturated/α-hetero) is 1. The molecule has 0 bridgehead atoms. The highest BCUT2D eigenvalue weighted by atomic mass is 35.5. The molecular weight excluding hydrogens is 362 g/mol. The summed E-state index contributed by atoms with van der Waals surface area (Å²) in [6.07, 6.45) is 0. The van der Waals surface area contributed by atoms with E-state index in [1.54, 1.807) is 23.9 Å². The summed E-state index contributed by atoms with van der Waals surface area (Å²) in [6, 6.07) is 16.9. The van der Waals surface area contributed by atoms with Crippen LogP contribution < -0.4 is 5.32 Å². The van der Waals surface area contributed by atoms with Crippen LogP contribution >= 0.6 is 34.7 Å². The highest BCUT2D eigenvalue weighted by Crippen LogP contribution is 2.30. The first-order chi connectivity index (χ1) is 11.7. The van der Waals surface area contributed by atoms with Crippen molar-refractivity contribution in [1.29, 1.82) is 0 Å². The molecule has 122 valence electrons. The van der Waals surface area contributed by atoms with E-state index in [1.165, 1.54) is 11.3 Å². The molecule has 0 atom stereocenters. The van der Waals surface area contributed by atoms with Gasteiger partial charge in [0.15, 0.2) is 10.1 Å². The van der Waals surface area contributed by atoms with Crippen LogP contribution in [0.2, 0.25) is 5.02 Å². The van der Waals surface area contributed by atoms with Gasteiger partial charge in [-0.05, 0) is 11.6 Å². The zero-order valence-electron chi connectivity index (χ0n) is 12.6. The van der Waals surface area contributed by atoms with Crippen LogP contribution in [0.1, 0.15) is 15.9 Å². The fourth-order valence-corrected chi connectivity index (χ4v) is 4.01. The van der Waals surface area contributed by atoms with Crippen molar-refractivity contribution in [3.63, 3.8) is 0 Å². The molecule has 1 heterocycles. The highest BCUT2D eigenvalue weighted by molar-refractivity contribution is 8.00. The topological polar surface area (TPSA) is 54.9 Å². The Labute approximate surface area is 153 Å². The Bertz CT molecular complexity index is 823. The largest absolute Gasteiger partial charge is 0.353 e. The third kappa shape index (κ3) is 4.56. The number of hydrogen-bond acceptors (Lipinski definition) is 6. The summed E-state index contributed by atoms with van der Waals surface area (Å²) in [5.41, 5.74) is 1.75. The molecule has 1 aromatic heterocycles. The lowest BCUT2D eigenvalue weighted by molar-refractivity contribution is 0.101. The number of rotatable bonds is 7. The lowest BCUT2D eigenvalue weighted by Gasteiger charge is -2.01. The molecule has 0 fully saturated rings. The SMILES string of the molecule is O=C(CNc1nnc(SCc2ccccc2Cl)s1)c1ccccc1. The Morgan fingerprint density at radius 1 is 1.08 bits per heavy atom. The van der Waals surface area contributed by atoms with E-state index in [2.05, 4.69) is 15.5 Å². The fourth-order valence-electron chi connectivity index (χ4n) is 1.98. The number of hydrogen-bond donors (Lipinski definition) is 1. The van der Waals surface area contributed by atoms with E-state index in [-0.39, 0.29) is 12.3 Å². The maximum absolute atomic E-state index is 12.0. The molecule has 0 saturated carbocycles. The molecule has 3 rings (SSSR count). The first-order valence-electron chi connectivity index (χ1n) is 7.24. The molecule has 3 aromatic rings. The van der Waals surface area contributed by atoms with Gasteiger partial charge in [-0.15, -0.1) is 10.2 Å². The Kier molecular flexibility index (Phi) is 5.85. The van der Waals surface area contributed by atoms with Crippen LogP contribution in [0, 0.1) is 0 Å². The Morgan fingerprint density at radius 3 is 2.62 bits per heavy atom. The highest BCUT2D eigenvalue weighted by Gasteiger charge is 2.09. The molecule has 0 amide bonds. The molecule has 0 aliphatic heterocycles. The van der Waals surface area contributed by atoms with E-state index in [1.807, 2.05) is 42.5 Å². The number of thioether (sulfide) groups is 1. The monoisotopic (exact) mass is 375 g/mol. The third-order valence-corrected chi connectivity index (χ3v) is 5.64. The van der Waals surface area contributed by atoms with Crippen LogP contribution in [-0.2, 0) is 5.75 Å². The van der Waals surface area contributed by atoms with Gasteiger partial charge in [-0.1, -0.05) is 83.2 Å². The van der Waals surface area contributed by atoms with E-state index >= 15 is 0 Å². The van der Waals surface area contributed by atoms with Gasteiger partial charge < -0.3 is 5.32 Å². The summed E-state index contributed by atoms with van der Waals surface area (Å²) < 4.78 is 0.838. The van der Waals surface area contributed by atoms with E-state index in [0.29, 0.717) is 10.7 Å².